The number of alkyl halides is 3. The van der Waals surface area contributed by atoms with Gasteiger partial charge in [0.05, 0.1) is 18.2 Å². The van der Waals surface area contributed by atoms with Gasteiger partial charge < -0.3 is 14.5 Å². The van der Waals surface area contributed by atoms with Gasteiger partial charge in [0, 0.05) is 30.6 Å². The zero-order valence-electron chi connectivity index (χ0n) is 23.6. The zero-order chi connectivity index (χ0) is 30.2. The van der Waals surface area contributed by atoms with Crippen LogP contribution in [0.15, 0.2) is 35.7 Å². The number of halogens is 3. The van der Waals surface area contributed by atoms with Crippen molar-refractivity contribution in [3.8, 4) is 0 Å². The number of aromatic nitrogens is 3. The Balaban J connectivity index is 1.28. The van der Waals surface area contributed by atoms with Crippen LogP contribution in [0.25, 0.3) is 0 Å². The van der Waals surface area contributed by atoms with Gasteiger partial charge in [0.1, 0.15) is 18.3 Å². The Bertz CT molecular complexity index is 1490. The van der Waals surface area contributed by atoms with E-state index in [9.17, 15) is 27.6 Å². The predicted octanol–water partition coefficient (Wildman–Crippen LogP) is 4.76. The first-order valence-corrected chi connectivity index (χ1v) is 14.6. The van der Waals surface area contributed by atoms with Gasteiger partial charge >= 0.3 is 12.1 Å². The van der Waals surface area contributed by atoms with Gasteiger partial charge in [0.15, 0.2) is 5.69 Å². The third kappa shape index (κ3) is 5.92. The van der Waals surface area contributed by atoms with Gasteiger partial charge in [0.2, 0.25) is 5.91 Å². The number of nitrogens with zero attached hydrogens (tertiary/aromatic N) is 5. The van der Waals surface area contributed by atoms with Crippen LogP contribution in [0.5, 0.6) is 0 Å². The van der Waals surface area contributed by atoms with E-state index in [1.807, 2.05) is 12.1 Å². The van der Waals surface area contributed by atoms with Crippen LogP contribution in [0, 0.1) is 6.92 Å². The van der Waals surface area contributed by atoms with E-state index in [2.05, 4.69) is 22.2 Å². The van der Waals surface area contributed by atoms with Crippen molar-refractivity contribution in [2.24, 2.45) is 0 Å². The largest absolute Gasteiger partial charge is 0.467 e. The third-order valence-electron chi connectivity index (χ3n) is 8.17. The van der Waals surface area contributed by atoms with Crippen LogP contribution in [0.2, 0.25) is 0 Å². The number of amides is 2. The first kappa shape index (κ1) is 29.7. The number of likely N-dealkylation sites (tertiary alicyclic amines) is 1. The van der Waals surface area contributed by atoms with Crippen molar-refractivity contribution in [3.05, 3.63) is 68.9 Å². The molecule has 9 nitrogen and oxygen atoms in total. The average Bonchev–Trinajstić information content (AvgIpc) is 3.62. The molecular formula is C29H32F3N5O4S. The summed E-state index contributed by atoms with van der Waals surface area (Å²) in [6.07, 6.45) is -1.07. The van der Waals surface area contributed by atoms with Crippen LogP contribution in [0.1, 0.15) is 75.7 Å². The molecule has 3 unspecified atom stereocenters. The van der Waals surface area contributed by atoms with E-state index in [1.54, 1.807) is 17.3 Å². The van der Waals surface area contributed by atoms with Gasteiger partial charge in [-0.1, -0.05) is 24.3 Å². The van der Waals surface area contributed by atoms with Crippen molar-refractivity contribution in [1.29, 1.82) is 0 Å². The van der Waals surface area contributed by atoms with E-state index in [0.717, 1.165) is 35.6 Å². The average molecular weight is 604 g/mol. The van der Waals surface area contributed by atoms with Gasteiger partial charge in [-0.2, -0.15) is 18.3 Å². The molecule has 5 rings (SSSR count). The number of thiazole rings is 1. The lowest BCUT2D eigenvalue weighted by molar-refractivity contribution is -0.155. The molecule has 3 aromatic rings. The van der Waals surface area contributed by atoms with E-state index in [1.165, 1.54) is 35.8 Å². The van der Waals surface area contributed by atoms with Gasteiger partial charge in [-0.15, -0.1) is 11.3 Å². The summed E-state index contributed by atoms with van der Waals surface area (Å²) in [5, 5.41) is 5.95. The quantitative estimate of drug-likeness (QED) is 0.377. The fraction of sp³-hybridized carbons (Fsp3) is 0.483. The SMILES string of the molecule is COC(=O)C1CC(c2nc(C(=O)N(C)C3CCCc4ccccc43)cs2)CCN1C(=O)Cn1nc(C(F)(F)F)cc1C. The number of carbonyl (C=O) groups is 3. The number of aryl methyl sites for hydroxylation is 2. The van der Waals surface area contributed by atoms with E-state index < -0.39 is 36.3 Å². The Morgan fingerprint density at radius 2 is 1.95 bits per heavy atom. The number of benzene rings is 1. The highest BCUT2D eigenvalue weighted by molar-refractivity contribution is 7.09. The molecular weight excluding hydrogens is 571 g/mol. The molecule has 0 saturated carbocycles. The number of fused-ring (bicyclic) bond motifs is 1. The van der Waals surface area contributed by atoms with Crippen molar-refractivity contribution >= 4 is 29.1 Å². The Kier molecular flexibility index (Phi) is 8.40. The molecule has 2 aliphatic rings. The van der Waals surface area contributed by atoms with E-state index >= 15 is 0 Å². The summed E-state index contributed by atoms with van der Waals surface area (Å²) < 4.78 is 45.2. The molecule has 0 N–H and O–H groups in total. The summed E-state index contributed by atoms with van der Waals surface area (Å²) in [7, 11) is 3.02. The minimum absolute atomic E-state index is 0.0313. The van der Waals surface area contributed by atoms with Crippen molar-refractivity contribution in [3.63, 3.8) is 0 Å². The molecule has 1 aromatic carbocycles. The molecule has 2 amide bonds. The van der Waals surface area contributed by atoms with Crippen LogP contribution >= 0.6 is 11.3 Å². The van der Waals surface area contributed by atoms with Crippen LogP contribution in [0.4, 0.5) is 13.2 Å². The maximum absolute atomic E-state index is 13.4. The monoisotopic (exact) mass is 603 g/mol. The summed E-state index contributed by atoms with van der Waals surface area (Å²) in [5.41, 5.74) is 1.85. The van der Waals surface area contributed by atoms with E-state index in [0.29, 0.717) is 17.1 Å². The normalized spacial score (nSPS) is 20.6. The molecule has 0 spiro atoms. The molecule has 0 bridgehead atoms. The molecule has 13 heteroatoms. The second kappa shape index (κ2) is 11.9. The Hall–Kier alpha value is -3.74. The second-order valence-corrected chi connectivity index (χ2v) is 11.7. The van der Waals surface area contributed by atoms with Crippen molar-refractivity contribution in [2.75, 3.05) is 20.7 Å². The summed E-state index contributed by atoms with van der Waals surface area (Å²) in [6, 6.07) is 8.08. The van der Waals surface area contributed by atoms with Crippen LogP contribution in [-0.4, -0.2) is 69.1 Å². The highest BCUT2D eigenvalue weighted by Gasteiger charge is 2.40. The molecule has 2 aromatic heterocycles. The fourth-order valence-corrected chi connectivity index (χ4v) is 6.84. The van der Waals surface area contributed by atoms with Crippen LogP contribution < -0.4 is 0 Å². The molecule has 0 radical (unpaired) electrons. The third-order valence-corrected chi connectivity index (χ3v) is 9.18. The fourth-order valence-electron chi connectivity index (χ4n) is 5.90. The molecule has 1 aliphatic heterocycles. The van der Waals surface area contributed by atoms with Crippen molar-refractivity contribution in [1.82, 2.24) is 24.6 Å². The number of piperidine rings is 1. The minimum Gasteiger partial charge on any atom is -0.467 e. The molecule has 1 aliphatic carbocycles. The van der Waals surface area contributed by atoms with Gasteiger partial charge in [-0.05, 0) is 56.2 Å². The van der Waals surface area contributed by atoms with Crippen molar-refractivity contribution in [2.45, 2.75) is 69.8 Å². The minimum atomic E-state index is -4.63. The predicted molar refractivity (Wildman–Crippen MR) is 148 cm³/mol. The Labute approximate surface area is 245 Å². The number of rotatable bonds is 6. The summed E-state index contributed by atoms with van der Waals surface area (Å²) in [4.78, 5) is 47.1. The number of methoxy groups -OCH3 is 1. The lowest BCUT2D eigenvalue weighted by atomic mass is 9.87. The van der Waals surface area contributed by atoms with Gasteiger partial charge in [-0.25, -0.2) is 9.78 Å². The number of esters is 1. The lowest BCUT2D eigenvalue weighted by Gasteiger charge is -2.37. The van der Waals surface area contributed by atoms with E-state index in [4.69, 9.17) is 4.74 Å². The van der Waals surface area contributed by atoms with Crippen LogP contribution in [0.3, 0.4) is 0 Å². The summed E-state index contributed by atoms with van der Waals surface area (Å²) >= 11 is 1.34. The Morgan fingerprint density at radius 3 is 2.67 bits per heavy atom. The maximum Gasteiger partial charge on any atom is 0.435 e. The standard InChI is InChI=1S/C29H32F3N5O4S/c1-17-13-24(29(30,31)32)34-37(17)15-25(38)36-12-11-19(14-23(36)28(40)41-3)26-33-21(16-42-26)27(39)35(2)22-10-6-8-18-7-4-5-9-20(18)22/h4-5,7,9,13,16,19,22-23H,6,8,10-12,14-15H2,1-3H3. The number of hydrogen-bond donors (Lipinski definition) is 0. The van der Waals surface area contributed by atoms with E-state index in [-0.39, 0.29) is 36.5 Å². The smallest absolute Gasteiger partial charge is 0.435 e. The molecule has 1 saturated heterocycles. The first-order chi connectivity index (χ1) is 20.0. The van der Waals surface area contributed by atoms with Gasteiger partial charge in [-0.3, -0.25) is 14.3 Å². The van der Waals surface area contributed by atoms with Gasteiger partial charge in [0.25, 0.3) is 5.91 Å². The highest BCUT2D eigenvalue weighted by atomic mass is 32.1. The Morgan fingerprint density at radius 1 is 1.19 bits per heavy atom. The number of carbonyl (C=O) groups excluding carboxylic acids is 3. The molecule has 1 fully saturated rings. The second-order valence-electron chi connectivity index (χ2n) is 10.8. The molecule has 3 atom stereocenters. The lowest BCUT2D eigenvalue weighted by Crippen LogP contribution is -2.51. The maximum atomic E-state index is 13.4. The molecule has 42 heavy (non-hydrogen) atoms. The number of hydrogen-bond acceptors (Lipinski definition) is 7. The summed E-state index contributed by atoms with van der Waals surface area (Å²) in [6.45, 7) is 1.18. The molecule has 3 heterocycles. The first-order valence-electron chi connectivity index (χ1n) is 13.8. The van der Waals surface area contributed by atoms with Crippen LogP contribution in [-0.2, 0) is 33.5 Å². The summed E-state index contributed by atoms with van der Waals surface area (Å²) in [5.74, 6) is -1.53. The van der Waals surface area contributed by atoms with Crippen molar-refractivity contribution < 1.29 is 32.3 Å². The highest BCUT2D eigenvalue weighted by Crippen LogP contribution is 2.37. The number of ether oxygens (including phenoxy) is 1. The molecule has 224 valence electrons. The zero-order valence-corrected chi connectivity index (χ0v) is 24.4. The topological polar surface area (TPSA) is 97.6 Å².